The summed E-state index contributed by atoms with van der Waals surface area (Å²) in [7, 11) is 0. The van der Waals surface area contributed by atoms with Gasteiger partial charge in [-0.2, -0.15) is 0 Å². The molecule has 1 N–H and O–H groups in total. The van der Waals surface area contributed by atoms with Crippen molar-refractivity contribution in [2.24, 2.45) is 0 Å². The maximum absolute atomic E-state index is 6.14. The van der Waals surface area contributed by atoms with Crippen LogP contribution in [-0.2, 0) is 12.8 Å². The van der Waals surface area contributed by atoms with Gasteiger partial charge >= 0.3 is 0 Å². The molecule has 1 aromatic carbocycles. The van der Waals surface area contributed by atoms with Crippen LogP contribution in [0.15, 0.2) is 22.7 Å². The average Bonchev–Trinajstić information content (AvgIpc) is 2.86. The van der Waals surface area contributed by atoms with E-state index in [9.17, 15) is 0 Å². The lowest BCUT2D eigenvalue weighted by Gasteiger charge is -2.03. The monoisotopic (exact) mass is 268 g/mol. The van der Waals surface area contributed by atoms with Crippen molar-refractivity contribution in [2.45, 2.75) is 12.8 Å². The van der Waals surface area contributed by atoms with Crippen LogP contribution in [0.5, 0.6) is 0 Å². The van der Waals surface area contributed by atoms with Crippen LogP contribution in [-0.4, -0.2) is 11.7 Å². The van der Waals surface area contributed by atoms with Crippen molar-refractivity contribution in [3.05, 3.63) is 45.1 Å². The number of fused-ring (bicyclic) bond motifs is 1. The Morgan fingerprint density at radius 2 is 2.24 bits per heavy atom. The highest BCUT2D eigenvalue weighted by Gasteiger charge is 2.21. The molecule has 0 amide bonds. The maximum atomic E-state index is 6.14. The van der Waals surface area contributed by atoms with Gasteiger partial charge in [-0.1, -0.05) is 34.4 Å². The second-order valence-electron chi connectivity index (χ2n) is 4.03. The fourth-order valence-electron chi connectivity index (χ4n) is 2.02. The van der Waals surface area contributed by atoms with Gasteiger partial charge in [-0.25, -0.2) is 0 Å². The van der Waals surface area contributed by atoms with Crippen molar-refractivity contribution in [1.82, 2.24) is 5.16 Å². The van der Waals surface area contributed by atoms with E-state index in [0.29, 0.717) is 16.5 Å². The molecule has 0 saturated carbocycles. The van der Waals surface area contributed by atoms with Gasteiger partial charge in [0.1, 0.15) is 0 Å². The van der Waals surface area contributed by atoms with Gasteiger partial charge in [0.05, 0.1) is 5.69 Å². The van der Waals surface area contributed by atoms with E-state index in [4.69, 9.17) is 27.7 Å². The van der Waals surface area contributed by atoms with Crippen LogP contribution >= 0.6 is 23.2 Å². The molecule has 5 heteroatoms. The van der Waals surface area contributed by atoms with Gasteiger partial charge in [-0.05, 0) is 24.1 Å². The number of aromatic nitrogens is 1. The van der Waals surface area contributed by atoms with Crippen LogP contribution in [0, 0.1) is 0 Å². The zero-order chi connectivity index (χ0) is 11.8. The Hall–Kier alpha value is -1.19. The molecule has 1 aliphatic heterocycles. The normalized spacial score (nSPS) is 13.5. The number of nitrogens with one attached hydrogen (secondary N) is 1. The molecule has 17 heavy (non-hydrogen) atoms. The molecule has 0 saturated heterocycles. The highest BCUT2D eigenvalue weighted by Crippen LogP contribution is 2.29. The standard InChI is InChI=1S/C12H10Cl2N2O/c13-8-2-1-7(10(14)6-8)5-11-9-3-4-15-12(9)17-16-11/h1-2,6,15H,3-5H2. The van der Waals surface area contributed by atoms with E-state index < -0.39 is 0 Å². The summed E-state index contributed by atoms with van der Waals surface area (Å²) < 4.78 is 5.21. The summed E-state index contributed by atoms with van der Waals surface area (Å²) >= 11 is 12.0. The first-order valence-electron chi connectivity index (χ1n) is 5.39. The summed E-state index contributed by atoms with van der Waals surface area (Å²) in [5.74, 6) is 0.796. The molecule has 2 heterocycles. The predicted molar refractivity (Wildman–Crippen MR) is 68.0 cm³/mol. The van der Waals surface area contributed by atoms with Gasteiger partial charge in [-0.15, -0.1) is 0 Å². The third kappa shape index (κ3) is 2.01. The summed E-state index contributed by atoms with van der Waals surface area (Å²) in [5, 5.41) is 8.53. The molecule has 0 aliphatic carbocycles. The Balaban J connectivity index is 1.91. The zero-order valence-corrected chi connectivity index (χ0v) is 10.5. The van der Waals surface area contributed by atoms with Gasteiger partial charge in [-0.3, -0.25) is 0 Å². The molecule has 0 bridgehead atoms. The molecule has 0 fully saturated rings. The summed E-state index contributed by atoms with van der Waals surface area (Å²) in [6.45, 7) is 0.915. The Morgan fingerprint density at radius 3 is 3.06 bits per heavy atom. The Labute approximate surface area is 109 Å². The highest BCUT2D eigenvalue weighted by molar-refractivity contribution is 6.35. The first-order valence-corrected chi connectivity index (χ1v) is 6.15. The lowest BCUT2D eigenvalue weighted by atomic mass is 10.1. The van der Waals surface area contributed by atoms with Crippen molar-refractivity contribution in [3.63, 3.8) is 0 Å². The number of benzene rings is 1. The molecule has 0 spiro atoms. The quantitative estimate of drug-likeness (QED) is 0.906. The Kier molecular flexibility index (Phi) is 2.73. The van der Waals surface area contributed by atoms with Crippen LogP contribution in [0.1, 0.15) is 16.8 Å². The SMILES string of the molecule is Clc1ccc(Cc2noc3c2CCN3)c(Cl)c1. The molecule has 0 unspecified atom stereocenters. The molecule has 3 nitrogen and oxygen atoms in total. The van der Waals surface area contributed by atoms with E-state index >= 15 is 0 Å². The van der Waals surface area contributed by atoms with E-state index in [-0.39, 0.29) is 0 Å². The molecule has 0 atom stereocenters. The second-order valence-corrected chi connectivity index (χ2v) is 4.87. The minimum Gasteiger partial charge on any atom is -0.353 e. The van der Waals surface area contributed by atoms with Crippen molar-refractivity contribution < 1.29 is 4.52 Å². The van der Waals surface area contributed by atoms with Crippen molar-refractivity contribution >= 4 is 29.1 Å². The summed E-state index contributed by atoms with van der Waals surface area (Å²) in [6.07, 6.45) is 1.63. The van der Waals surface area contributed by atoms with Gasteiger partial charge in [0.25, 0.3) is 0 Å². The maximum Gasteiger partial charge on any atom is 0.228 e. The number of halogens is 2. The van der Waals surface area contributed by atoms with Crippen molar-refractivity contribution in [1.29, 1.82) is 0 Å². The molecule has 88 valence electrons. The van der Waals surface area contributed by atoms with E-state index in [0.717, 1.165) is 35.7 Å². The minimum absolute atomic E-state index is 0.644. The highest BCUT2D eigenvalue weighted by atomic mass is 35.5. The van der Waals surface area contributed by atoms with Crippen LogP contribution in [0.2, 0.25) is 10.0 Å². The third-order valence-corrected chi connectivity index (χ3v) is 3.49. The molecular formula is C12H10Cl2N2O. The number of hydrogen-bond donors (Lipinski definition) is 1. The topological polar surface area (TPSA) is 38.1 Å². The largest absolute Gasteiger partial charge is 0.353 e. The van der Waals surface area contributed by atoms with Gasteiger partial charge in [0, 0.05) is 28.6 Å². The molecular weight excluding hydrogens is 259 g/mol. The molecule has 1 aromatic heterocycles. The van der Waals surface area contributed by atoms with Crippen molar-refractivity contribution in [2.75, 3.05) is 11.9 Å². The van der Waals surface area contributed by atoms with E-state index in [1.165, 1.54) is 0 Å². The molecule has 0 radical (unpaired) electrons. The lowest BCUT2D eigenvalue weighted by molar-refractivity contribution is 0.426. The van der Waals surface area contributed by atoms with E-state index in [1.807, 2.05) is 12.1 Å². The number of anilines is 1. The van der Waals surface area contributed by atoms with Gasteiger partial charge < -0.3 is 9.84 Å². The van der Waals surface area contributed by atoms with E-state index in [2.05, 4.69) is 10.5 Å². The first kappa shape index (κ1) is 10.9. The zero-order valence-electron chi connectivity index (χ0n) is 8.96. The smallest absolute Gasteiger partial charge is 0.228 e. The molecule has 1 aliphatic rings. The summed E-state index contributed by atoms with van der Waals surface area (Å²) in [4.78, 5) is 0. The predicted octanol–water partition coefficient (Wildman–Crippen LogP) is 3.54. The van der Waals surface area contributed by atoms with Crippen LogP contribution in [0.3, 0.4) is 0 Å². The Bertz CT molecular complexity index is 566. The number of nitrogens with zero attached hydrogens (tertiary/aromatic N) is 1. The fraction of sp³-hybridized carbons (Fsp3) is 0.250. The van der Waals surface area contributed by atoms with Crippen LogP contribution < -0.4 is 5.32 Å². The molecule has 3 rings (SSSR count). The van der Waals surface area contributed by atoms with E-state index in [1.54, 1.807) is 6.07 Å². The van der Waals surface area contributed by atoms with Crippen LogP contribution in [0.4, 0.5) is 5.88 Å². The number of rotatable bonds is 2. The van der Waals surface area contributed by atoms with Crippen LogP contribution in [0.25, 0.3) is 0 Å². The molecule has 2 aromatic rings. The summed E-state index contributed by atoms with van der Waals surface area (Å²) in [6, 6.07) is 5.51. The average molecular weight is 269 g/mol. The minimum atomic E-state index is 0.644. The summed E-state index contributed by atoms with van der Waals surface area (Å²) in [5.41, 5.74) is 3.13. The van der Waals surface area contributed by atoms with Gasteiger partial charge in [0.15, 0.2) is 0 Å². The number of hydrogen-bond acceptors (Lipinski definition) is 3. The lowest BCUT2D eigenvalue weighted by Crippen LogP contribution is -1.96. The second kappa shape index (κ2) is 4.24. The first-order chi connectivity index (χ1) is 8.24. The third-order valence-electron chi connectivity index (χ3n) is 2.90. The van der Waals surface area contributed by atoms with Crippen molar-refractivity contribution in [3.8, 4) is 0 Å². The fourth-order valence-corrected chi connectivity index (χ4v) is 2.50. The Morgan fingerprint density at radius 1 is 1.35 bits per heavy atom. The van der Waals surface area contributed by atoms with Gasteiger partial charge in [0.2, 0.25) is 5.88 Å².